The molecule has 2 rings (SSSR count). The predicted octanol–water partition coefficient (Wildman–Crippen LogP) is 4.47. The summed E-state index contributed by atoms with van der Waals surface area (Å²) >= 11 is 0. The highest BCUT2D eigenvalue weighted by Gasteiger charge is 2.53. The number of aromatic nitrogens is 2. The van der Waals surface area contributed by atoms with Crippen molar-refractivity contribution >= 4 is 30.7 Å². The predicted molar refractivity (Wildman–Crippen MR) is 118 cm³/mol. The fourth-order valence-electron chi connectivity index (χ4n) is 2.69. The molecule has 13 heteroatoms. The van der Waals surface area contributed by atoms with Gasteiger partial charge in [0.15, 0.2) is 11.5 Å². The number of ether oxygens (including phenoxy) is 2. The number of alkyl halides is 3. The lowest BCUT2D eigenvalue weighted by molar-refractivity contribution is -0.140. The van der Waals surface area contributed by atoms with E-state index in [1.165, 1.54) is 41.5 Å². The van der Waals surface area contributed by atoms with Crippen LogP contribution in [0.15, 0.2) is 6.20 Å². The Morgan fingerprint density at radius 2 is 1.32 bits per heavy atom. The van der Waals surface area contributed by atoms with Crippen molar-refractivity contribution in [2.75, 3.05) is 4.90 Å². The van der Waals surface area contributed by atoms with Crippen molar-refractivity contribution in [3.63, 3.8) is 0 Å². The summed E-state index contributed by atoms with van der Waals surface area (Å²) in [7, 11) is -1.25. The maximum Gasteiger partial charge on any atom is 0.516 e. The molecule has 0 unspecified atom stereocenters. The van der Waals surface area contributed by atoms with Crippen molar-refractivity contribution in [3.8, 4) is 0 Å². The van der Waals surface area contributed by atoms with Crippen LogP contribution < -0.4 is 10.5 Å². The Morgan fingerprint density at radius 3 is 1.68 bits per heavy atom. The van der Waals surface area contributed by atoms with Gasteiger partial charge in [0, 0.05) is 6.20 Å². The summed E-state index contributed by atoms with van der Waals surface area (Å²) in [5.41, 5.74) is -5.79. The lowest BCUT2D eigenvalue weighted by Gasteiger charge is -2.32. The first-order valence-electron chi connectivity index (χ1n) is 10.6. The molecule has 1 aliphatic heterocycles. The van der Waals surface area contributed by atoms with E-state index in [0.29, 0.717) is 0 Å². The van der Waals surface area contributed by atoms with Crippen LogP contribution >= 0.6 is 0 Å². The molecule has 190 valence electrons. The molecule has 34 heavy (non-hydrogen) atoms. The number of nitrogens with zero attached hydrogens (tertiary/aromatic N) is 3. The zero-order valence-electron chi connectivity index (χ0n) is 21.1. The highest BCUT2D eigenvalue weighted by Crippen LogP contribution is 2.38. The number of amides is 2. The molecule has 1 saturated heterocycles. The summed E-state index contributed by atoms with van der Waals surface area (Å²) in [4.78, 5) is 33.1. The standard InChI is InChI=1S/C21H31BF3N3O6/c1-17(2,3)31-15(29)28(16(30)32-18(4,5)6)14-13(21(23,24)25)27-12(11-26-14)22-33-19(7,8)20(9,10)34-22/h11H,1-10H3. The number of hydrogen-bond donors (Lipinski definition) is 0. The van der Waals surface area contributed by atoms with E-state index in [4.69, 9.17) is 18.8 Å². The Kier molecular flexibility index (Phi) is 7.10. The number of hydrogen-bond acceptors (Lipinski definition) is 8. The van der Waals surface area contributed by atoms with E-state index in [0.717, 1.165) is 6.20 Å². The Bertz CT molecular complexity index is 911. The number of carbonyl (C=O) groups is 2. The molecular formula is C21H31BF3N3O6. The molecule has 9 nitrogen and oxygen atoms in total. The first-order chi connectivity index (χ1) is 15.0. The molecule has 0 aliphatic carbocycles. The highest BCUT2D eigenvalue weighted by atomic mass is 19.4. The van der Waals surface area contributed by atoms with Gasteiger partial charge in [-0.1, -0.05) is 0 Å². The first-order valence-corrected chi connectivity index (χ1v) is 10.6. The molecule has 0 atom stereocenters. The van der Waals surface area contributed by atoms with Gasteiger partial charge in [-0.3, -0.25) is 0 Å². The van der Waals surface area contributed by atoms with Crippen LogP contribution in [-0.4, -0.2) is 51.7 Å². The summed E-state index contributed by atoms with van der Waals surface area (Å²) in [6.45, 7) is 15.9. The zero-order valence-corrected chi connectivity index (χ0v) is 21.1. The van der Waals surface area contributed by atoms with Crippen LogP contribution in [-0.2, 0) is 25.0 Å². The number of carbonyl (C=O) groups excluding carboxylic acids is 2. The maximum absolute atomic E-state index is 14.1. The third-order valence-corrected chi connectivity index (χ3v) is 4.90. The highest BCUT2D eigenvalue weighted by molar-refractivity contribution is 6.61. The Hall–Kier alpha value is -2.41. The summed E-state index contributed by atoms with van der Waals surface area (Å²) < 4.78 is 64.0. The molecule has 0 spiro atoms. The third-order valence-electron chi connectivity index (χ3n) is 4.90. The van der Waals surface area contributed by atoms with Gasteiger partial charge in [0.2, 0.25) is 0 Å². The Balaban J connectivity index is 2.62. The second-order valence-corrected chi connectivity index (χ2v) is 10.8. The van der Waals surface area contributed by atoms with Crippen molar-refractivity contribution < 1.29 is 41.5 Å². The quantitative estimate of drug-likeness (QED) is 0.561. The van der Waals surface area contributed by atoms with Gasteiger partial charge in [-0.2, -0.15) is 18.1 Å². The molecule has 0 aromatic carbocycles. The van der Waals surface area contributed by atoms with E-state index < -0.39 is 59.4 Å². The van der Waals surface area contributed by atoms with E-state index in [9.17, 15) is 22.8 Å². The van der Waals surface area contributed by atoms with Gasteiger partial charge in [0.25, 0.3) is 0 Å². The van der Waals surface area contributed by atoms with Gasteiger partial charge in [0.05, 0.1) is 16.8 Å². The maximum atomic E-state index is 14.1. The molecule has 2 heterocycles. The van der Waals surface area contributed by atoms with Crippen molar-refractivity contribution in [2.24, 2.45) is 0 Å². The average Bonchev–Trinajstić information content (AvgIpc) is 2.78. The van der Waals surface area contributed by atoms with Crippen LogP contribution in [0.1, 0.15) is 74.9 Å². The molecule has 1 fully saturated rings. The SMILES string of the molecule is CC(C)(C)OC(=O)N(C(=O)OC(C)(C)C)c1ncc(B2OC(C)(C)C(C)(C)O2)nc1C(F)(F)F. The van der Waals surface area contributed by atoms with E-state index in [-0.39, 0.29) is 10.5 Å². The van der Waals surface area contributed by atoms with Crippen LogP contribution in [0, 0.1) is 0 Å². The minimum Gasteiger partial charge on any atom is -0.443 e. The van der Waals surface area contributed by atoms with Gasteiger partial charge in [-0.25, -0.2) is 19.6 Å². The van der Waals surface area contributed by atoms with Crippen LogP contribution in [0.25, 0.3) is 0 Å². The fraction of sp³-hybridized carbons (Fsp3) is 0.714. The van der Waals surface area contributed by atoms with Crippen molar-refractivity contribution in [1.82, 2.24) is 9.97 Å². The Morgan fingerprint density at radius 1 is 0.912 bits per heavy atom. The third kappa shape index (κ3) is 6.38. The van der Waals surface area contributed by atoms with Gasteiger partial charge >= 0.3 is 25.5 Å². The monoisotopic (exact) mass is 489 g/mol. The minimum absolute atomic E-state index is 0.0837. The number of anilines is 1. The van der Waals surface area contributed by atoms with E-state index in [1.54, 1.807) is 27.7 Å². The molecule has 0 saturated carbocycles. The van der Waals surface area contributed by atoms with E-state index in [2.05, 4.69) is 9.97 Å². The van der Waals surface area contributed by atoms with E-state index >= 15 is 0 Å². The normalized spacial score (nSPS) is 18.0. The molecule has 0 bridgehead atoms. The second-order valence-electron chi connectivity index (χ2n) is 10.8. The van der Waals surface area contributed by atoms with Gasteiger partial charge < -0.3 is 18.8 Å². The van der Waals surface area contributed by atoms with Gasteiger partial charge in [-0.15, -0.1) is 0 Å². The molecule has 1 aromatic rings. The van der Waals surface area contributed by atoms with Crippen molar-refractivity contribution in [1.29, 1.82) is 0 Å². The van der Waals surface area contributed by atoms with Crippen LogP contribution in [0.5, 0.6) is 0 Å². The van der Waals surface area contributed by atoms with Crippen LogP contribution in [0.2, 0.25) is 0 Å². The second kappa shape index (κ2) is 8.67. The molecular weight excluding hydrogens is 458 g/mol. The van der Waals surface area contributed by atoms with Crippen LogP contribution in [0.4, 0.5) is 28.6 Å². The van der Waals surface area contributed by atoms with Crippen molar-refractivity contribution in [3.05, 3.63) is 11.9 Å². The number of imide groups is 1. The lowest BCUT2D eigenvalue weighted by Crippen LogP contribution is -2.46. The number of halogens is 3. The topological polar surface area (TPSA) is 100 Å². The molecule has 1 aromatic heterocycles. The number of rotatable bonds is 2. The van der Waals surface area contributed by atoms with Crippen molar-refractivity contribution in [2.45, 2.75) is 97.8 Å². The Labute approximate surface area is 197 Å². The molecule has 1 aliphatic rings. The zero-order chi connectivity index (χ0) is 26.5. The van der Waals surface area contributed by atoms with Gasteiger partial charge in [0.1, 0.15) is 11.2 Å². The fourth-order valence-corrected chi connectivity index (χ4v) is 2.69. The minimum atomic E-state index is -5.09. The van der Waals surface area contributed by atoms with Gasteiger partial charge in [-0.05, 0) is 69.2 Å². The average molecular weight is 489 g/mol. The summed E-state index contributed by atoms with van der Waals surface area (Å²) in [6.07, 6.45) is -6.94. The molecule has 2 amide bonds. The first kappa shape index (κ1) is 27.8. The molecule has 0 N–H and O–H groups in total. The lowest BCUT2D eigenvalue weighted by atomic mass is 9.85. The summed E-state index contributed by atoms with van der Waals surface area (Å²) in [6, 6.07) is 0. The van der Waals surface area contributed by atoms with E-state index in [1.807, 2.05) is 0 Å². The summed E-state index contributed by atoms with van der Waals surface area (Å²) in [5.74, 6) is -1.09. The molecule has 0 radical (unpaired) electrons. The largest absolute Gasteiger partial charge is 0.516 e. The van der Waals surface area contributed by atoms with Crippen LogP contribution in [0.3, 0.4) is 0 Å². The summed E-state index contributed by atoms with van der Waals surface area (Å²) in [5, 5.41) is 0. The smallest absolute Gasteiger partial charge is 0.443 e.